The van der Waals surface area contributed by atoms with Crippen LogP contribution in [-0.2, 0) is 4.79 Å². The Hall–Kier alpha value is -1.39. The van der Waals surface area contributed by atoms with Crippen molar-refractivity contribution in [1.29, 1.82) is 0 Å². The maximum Gasteiger partial charge on any atom is 0.243 e. The Kier molecular flexibility index (Phi) is 7.04. The first-order chi connectivity index (χ1) is 10.3. The third-order valence-corrected chi connectivity index (χ3v) is 4.13. The molecule has 1 aliphatic carbocycles. The summed E-state index contributed by atoms with van der Waals surface area (Å²) in [5.41, 5.74) is 2.62. The van der Waals surface area contributed by atoms with Crippen LogP contribution >= 0.6 is 0 Å². The molecule has 0 heterocycles. The zero-order chi connectivity index (χ0) is 16.9. The molecule has 1 rings (SSSR count). The summed E-state index contributed by atoms with van der Waals surface area (Å²) >= 11 is 0. The number of carbonyl (C=O) groups is 1. The predicted molar refractivity (Wildman–Crippen MR) is 93.8 cm³/mol. The van der Waals surface area contributed by atoms with Gasteiger partial charge in [-0.15, -0.1) is 0 Å². The molecule has 0 saturated heterocycles. The largest absolute Gasteiger partial charge is 0.344 e. The summed E-state index contributed by atoms with van der Waals surface area (Å²) in [5.74, 6) is 0.360. The standard InChI is InChI=1S/C18H31N3O/c1-8-18(22)19-16-11-14(4)15(13(2)3)12-17(16)21(7)10-9-20(5)6/h8,11-13,16-17H,1,9-10H2,2-7H3,(H,19,22). The van der Waals surface area contributed by atoms with Crippen LogP contribution in [0, 0.1) is 5.92 Å². The van der Waals surface area contributed by atoms with Gasteiger partial charge in [-0.3, -0.25) is 9.69 Å². The molecule has 0 aromatic heterocycles. The van der Waals surface area contributed by atoms with Gasteiger partial charge in [0.1, 0.15) is 0 Å². The predicted octanol–water partition coefficient (Wildman–Crippen LogP) is 2.06. The maximum absolute atomic E-state index is 11.7. The number of rotatable bonds is 7. The van der Waals surface area contributed by atoms with Crippen LogP contribution in [0.25, 0.3) is 0 Å². The van der Waals surface area contributed by atoms with E-state index in [9.17, 15) is 4.79 Å². The van der Waals surface area contributed by atoms with Gasteiger partial charge in [-0.2, -0.15) is 0 Å². The van der Waals surface area contributed by atoms with Crippen molar-refractivity contribution in [2.24, 2.45) is 5.92 Å². The first kappa shape index (κ1) is 18.7. The quantitative estimate of drug-likeness (QED) is 0.731. The summed E-state index contributed by atoms with van der Waals surface area (Å²) in [4.78, 5) is 16.2. The van der Waals surface area contributed by atoms with Crippen LogP contribution in [0.5, 0.6) is 0 Å². The van der Waals surface area contributed by atoms with E-state index in [1.165, 1.54) is 17.2 Å². The van der Waals surface area contributed by atoms with E-state index in [1.807, 2.05) is 0 Å². The third kappa shape index (κ3) is 5.11. The lowest BCUT2D eigenvalue weighted by Gasteiger charge is -2.36. The number of likely N-dealkylation sites (N-methyl/N-ethyl adjacent to an activating group) is 2. The van der Waals surface area contributed by atoms with Crippen molar-refractivity contribution in [3.05, 3.63) is 36.0 Å². The van der Waals surface area contributed by atoms with E-state index in [1.54, 1.807) is 0 Å². The van der Waals surface area contributed by atoms with Gasteiger partial charge in [0.15, 0.2) is 0 Å². The lowest BCUT2D eigenvalue weighted by Crippen LogP contribution is -2.51. The van der Waals surface area contributed by atoms with E-state index >= 15 is 0 Å². The van der Waals surface area contributed by atoms with Gasteiger partial charge >= 0.3 is 0 Å². The molecule has 0 aliphatic heterocycles. The highest BCUT2D eigenvalue weighted by atomic mass is 16.1. The SMILES string of the molecule is C=CC(=O)NC1C=C(C)C(C(C)C)=CC1N(C)CCN(C)C. The van der Waals surface area contributed by atoms with Gasteiger partial charge in [-0.05, 0) is 51.2 Å². The fourth-order valence-corrected chi connectivity index (χ4v) is 2.79. The summed E-state index contributed by atoms with van der Waals surface area (Å²) in [5, 5.41) is 3.04. The van der Waals surface area contributed by atoms with E-state index in [4.69, 9.17) is 0 Å². The molecule has 4 nitrogen and oxygen atoms in total. The molecule has 0 spiro atoms. The molecule has 1 amide bonds. The van der Waals surface area contributed by atoms with E-state index in [0.717, 1.165) is 13.1 Å². The number of hydrogen-bond acceptors (Lipinski definition) is 3. The van der Waals surface area contributed by atoms with Crippen molar-refractivity contribution in [2.45, 2.75) is 32.9 Å². The van der Waals surface area contributed by atoms with Gasteiger partial charge in [0, 0.05) is 13.1 Å². The molecule has 22 heavy (non-hydrogen) atoms. The first-order valence-corrected chi connectivity index (χ1v) is 7.94. The Morgan fingerprint density at radius 3 is 2.45 bits per heavy atom. The van der Waals surface area contributed by atoms with Gasteiger partial charge in [0.2, 0.25) is 5.91 Å². The fourth-order valence-electron chi connectivity index (χ4n) is 2.79. The summed E-state index contributed by atoms with van der Waals surface area (Å²) in [6.07, 6.45) is 5.82. The number of allylic oxidation sites excluding steroid dienone is 2. The zero-order valence-electron chi connectivity index (χ0n) is 14.9. The normalized spacial score (nSPS) is 21.9. The third-order valence-electron chi connectivity index (χ3n) is 4.13. The van der Waals surface area contributed by atoms with Crippen LogP contribution in [0.2, 0.25) is 0 Å². The minimum absolute atomic E-state index is 0.0137. The average molecular weight is 305 g/mol. The van der Waals surface area contributed by atoms with Gasteiger partial charge < -0.3 is 10.2 Å². The number of amides is 1. The van der Waals surface area contributed by atoms with Gasteiger partial charge in [-0.1, -0.05) is 32.6 Å². The fraction of sp³-hybridized carbons (Fsp3) is 0.611. The number of hydrogen-bond donors (Lipinski definition) is 1. The highest BCUT2D eigenvalue weighted by molar-refractivity contribution is 5.87. The molecular formula is C18H31N3O. The molecule has 0 fully saturated rings. The van der Waals surface area contributed by atoms with E-state index in [-0.39, 0.29) is 18.0 Å². The molecule has 4 heteroatoms. The van der Waals surface area contributed by atoms with Crippen molar-refractivity contribution < 1.29 is 4.79 Å². The van der Waals surface area contributed by atoms with Crippen molar-refractivity contribution in [3.8, 4) is 0 Å². The molecule has 1 N–H and O–H groups in total. The monoisotopic (exact) mass is 305 g/mol. The number of nitrogens with zero attached hydrogens (tertiary/aromatic N) is 2. The topological polar surface area (TPSA) is 35.6 Å². The molecule has 0 radical (unpaired) electrons. The molecule has 1 aliphatic rings. The summed E-state index contributed by atoms with van der Waals surface area (Å²) in [6.45, 7) is 12.0. The Morgan fingerprint density at radius 2 is 1.95 bits per heavy atom. The van der Waals surface area contributed by atoms with Crippen LogP contribution in [0.3, 0.4) is 0 Å². The Balaban J connectivity index is 2.97. The summed E-state index contributed by atoms with van der Waals surface area (Å²) in [6, 6.07) is 0.158. The molecular weight excluding hydrogens is 274 g/mol. The second kappa shape index (κ2) is 8.30. The van der Waals surface area contributed by atoms with E-state index < -0.39 is 0 Å². The molecule has 0 bridgehead atoms. The van der Waals surface area contributed by atoms with Crippen LogP contribution < -0.4 is 5.32 Å². The van der Waals surface area contributed by atoms with Crippen LogP contribution in [0.1, 0.15) is 20.8 Å². The summed E-state index contributed by atoms with van der Waals surface area (Å²) in [7, 11) is 6.26. The minimum Gasteiger partial charge on any atom is -0.344 e. The minimum atomic E-state index is -0.124. The summed E-state index contributed by atoms with van der Waals surface area (Å²) < 4.78 is 0. The van der Waals surface area contributed by atoms with Crippen molar-refractivity contribution in [2.75, 3.05) is 34.2 Å². The number of carbonyl (C=O) groups excluding carboxylic acids is 1. The molecule has 124 valence electrons. The Bertz CT molecular complexity index is 463. The Morgan fingerprint density at radius 1 is 1.32 bits per heavy atom. The van der Waals surface area contributed by atoms with Crippen molar-refractivity contribution in [3.63, 3.8) is 0 Å². The van der Waals surface area contributed by atoms with Crippen LogP contribution in [0.4, 0.5) is 0 Å². The molecule has 2 atom stereocenters. The first-order valence-electron chi connectivity index (χ1n) is 7.94. The number of nitrogens with one attached hydrogen (secondary N) is 1. The van der Waals surface area contributed by atoms with Gasteiger partial charge in [0.25, 0.3) is 0 Å². The van der Waals surface area contributed by atoms with E-state index in [0.29, 0.717) is 5.92 Å². The van der Waals surface area contributed by atoms with Crippen LogP contribution in [0.15, 0.2) is 36.0 Å². The smallest absolute Gasteiger partial charge is 0.243 e. The average Bonchev–Trinajstić information content (AvgIpc) is 2.44. The molecule has 0 aromatic rings. The highest BCUT2D eigenvalue weighted by Crippen LogP contribution is 2.27. The molecule has 2 unspecified atom stereocenters. The van der Waals surface area contributed by atoms with Crippen molar-refractivity contribution in [1.82, 2.24) is 15.1 Å². The van der Waals surface area contributed by atoms with E-state index in [2.05, 4.69) is 75.8 Å². The zero-order valence-corrected chi connectivity index (χ0v) is 14.9. The molecule has 0 aromatic carbocycles. The highest BCUT2D eigenvalue weighted by Gasteiger charge is 2.28. The van der Waals surface area contributed by atoms with Gasteiger partial charge in [-0.25, -0.2) is 0 Å². The molecule has 0 saturated carbocycles. The maximum atomic E-state index is 11.7. The van der Waals surface area contributed by atoms with Gasteiger partial charge in [0.05, 0.1) is 12.1 Å². The lowest BCUT2D eigenvalue weighted by atomic mass is 9.85. The lowest BCUT2D eigenvalue weighted by molar-refractivity contribution is -0.117. The second-order valence-corrected chi connectivity index (χ2v) is 6.64. The second-order valence-electron chi connectivity index (χ2n) is 6.64. The van der Waals surface area contributed by atoms with Crippen LogP contribution in [-0.4, -0.2) is 62.0 Å². The Labute approximate surface area is 135 Å². The van der Waals surface area contributed by atoms with Crippen molar-refractivity contribution >= 4 is 5.91 Å².